The van der Waals surface area contributed by atoms with Crippen LogP contribution in [0.1, 0.15) is 13.3 Å². The van der Waals surface area contributed by atoms with E-state index in [2.05, 4.69) is 50.9 Å². The van der Waals surface area contributed by atoms with E-state index in [4.69, 9.17) is 0 Å². The van der Waals surface area contributed by atoms with Crippen molar-refractivity contribution in [3.63, 3.8) is 0 Å². The molecule has 0 aromatic heterocycles. The van der Waals surface area contributed by atoms with Crippen LogP contribution in [0.3, 0.4) is 0 Å². The summed E-state index contributed by atoms with van der Waals surface area (Å²) in [6, 6.07) is 1.44. The largest absolute Gasteiger partial charge is 0.348 e. The van der Waals surface area contributed by atoms with Crippen LogP contribution in [0.2, 0.25) is 38.8 Å². The highest BCUT2D eigenvalue weighted by molar-refractivity contribution is 6.90. The molecule has 0 aromatic carbocycles. The van der Waals surface area contributed by atoms with Crippen molar-refractivity contribution >= 4 is 16.5 Å². The standard InChI is InChI=1S/C9H25NSi2/c1-8-9-12(6,7)10(2)11(3,4)5/h8-9H2,1-7H3. The Bertz CT molecular complexity index is 138. The molecule has 0 aliphatic rings. The van der Waals surface area contributed by atoms with Crippen LogP contribution in [0.5, 0.6) is 0 Å². The van der Waals surface area contributed by atoms with E-state index in [1.54, 1.807) is 0 Å². The van der Waals surface area contributed by atoms with Gasteiger partial charge in [0.1, 0.15) is 16.5 Å². The highest BCUT2D eigenvalue weighted by Gasteiger charge is 2.33. The maximum Gasteiger partial charge on any atom is 0.115 e. The van der Waals surface area contributed by atoms with E-state index >= 15 is 0 Å². The number of rotatable bonds is 4. The average Bonchev–Trinajstić information content (AvgIpc) is 1.84. The summed E-state index contributed by atoms with van der Waals surface area (Å²) in [5.41, 5.74) is 0. The van der Waals surface area contributed by atoms with Crippen LogP contribution in [0.15, 0.2) is 0 Å². The van der Waals surface area contributed by atoms with E-state index in [0.29, 0.717) is 0 Å². The van der Waals surface area contributed by atoms with Crippen LogP contribution < -0.4 is 0 Å². The fraction of sp³-hybridized carbons (Fsp3) is 1.00. The van der Waals surface area contributed by atoms with E-state index < -0.39 is 16.5 Å². The Morgan fingerprint density at radius 1 is 1.00 bits per heavy atom. The third kappa shape index (κ3) is 3.41. The van der Waals surface area contributed by atoms with E-state index in [0.717, 1.165) is 0 Å². The zero-order valence-electron chi connectivity index (χ0n) is 9.86. The van der Waals surface area contributed by atoms with Crippen molar-refractivity contribution in [2.75, 3.05) is 7.05 Å². The molecule has 12 heavy (non-hydrogen) atoms. The second kappa shape index (κ2) is 4.07. The number of nitrogens with zero attached hydrogens (tertiary/aromatic N) is 1. The first-order valence-corrected chi connectivity index (χ1v) is 11.6. The fourth-order valence-electron chi connectivity index (χ4n) is 1.69. The highest BCUT2D eigenvalue weighted by Crippen LogP contribution is 2.21. The number of hydrogen-bond acceptors (Lipinski definition) is 1. The van der Waals surface area contributed by atoms with Gasteiger partial charge in [-0.25, -0.2) is 0 Å². The molecular weight excluding hydrogens is 178 g/mol. The molecule has 0 aliphatic carbocycles. The quantitative estimate of drug-likeness (QED) is 0.633. The summed E-state index contributed by atoms with van der Waals surface area (Å²) in [7, 11) is 0.256. The Morgan fingerprint density at radius 3 is 1.67 bits per heavy atom. The minimum Gasteiger partial charge on any atom is -0.348 e. The van der Waals surface area contributed by atoms with E-state index in [-0.39, 0.29) is 0 Å². The third-order valence-electron chi connectivity index (χ3n) is 2.78. The molecule has 0 saturated carbocycles. The lowest BCUT2D eigenvalue weighted by Gasteiger charge is -2.42. The highest BCUT2D eigenvalue weighted by atomic mass is 28.4. The lowest BCUT2D eigenvalue weighted by atomic mass is 10.6. The van der Waals surface area contributed by atoms with Crippen molar-refractivity contribution < 1.29 is 0 Å². The molecule has 0 unspecified atom stereocenters. The average molecular weight is 203 g/mol. The lowest BCUT2D eigenvalue weighted by Crippen LogP contribution is -2.58. The predicted molar refractivity (Wildman–Crippen MR) is 63.7 cm³/mol. The molecule has 0 heterocycles. The topological polar surface area (TPSA) is 3.24 Å². The summed E-state index contributed by atoms with van der Waals surface area (Å²) < 4.78 is 2.74. The van der Waals surface area contributed by atoms with Gasteiger partial charge in [-0.2, -0.15) is 0 Å². The van der Waals surface area contributed by atoms with Crippen molar-refractivity contribution in [1.82, 2.24) is 4.23 Å². The van der Waals surface area contributed by atoms with Gasteiger partial charge in [0, 0.05) is 0 Å². The second-order valence-electron chi connectivity index (χ2n) is 5.29. The zero-order chi connectivity index (χ0) is 9.99. The van der Waals surface area contributed by atoms with Crippen LogP contribution in [0, 0.1) is 0 Å². The van der Waals surface area contributed by atoms with Crippen molar-refractivity contribution in [3.05, 3.63) is 0 Å². The maximum atomic E-state index is 2.74. The van der Waals surface area contributed by atoms with Gasteiger partial charge in [-0.1, -0.05) is 46.1 Å². The Hall–Kier alpha value is 0.394. The lowest BCUT2D eigenvalue weighted by molar-refractivity contribution is 0.736. The van der Waals surface area contributed by atoms with Gasteiger partial charge in [0.25, 0.3) is 0 Å². The van der Waals surface area contributed by atoms with E-state index in [1.807, 2.05) is 0 Å². The first-order chi connectivity index (χ1) is 5.22. The Morgan fingerprint density at radius 2 is 1.42 bits per heavy atom. The second-order valence-corrected chi connectivity index (χ2v) is 15.5. The van der Waals surface area contributed by atoms with Crippen molar-refractivity contribution in [2.45, 2.75) is 52.1 Å². The van der Waals surface area contributed by atoms with Gasteiger partial charge in [-0.15, -0.1) is 0 Å². The van der Waals surface area contributed by atoms with Crippen molar-refractivity contribution in [1.29, 1.82) is 0 Å². The SMILES string of the molecule is CCC[Si](C)(C)N(C)[Si](C)(C)C. The molecule has 0 rings (SSSR count). The minimum atomic E-state index is -1.05. The van der Waals surface area contributed by atoms with Gasteiger partial charge in [-0.3, -0.25) is 0 Å². The van der Waals surface area contributed by atoms with Crippen LogP contribution in [-0.4, -0.2) is 27.7 Å². The first kappa shape index (κ1) is 12.4. The molecule has 0 bridgehead atoms. The zero-order valence-corrected chi connectivity index (χ0v) is 11.9. The number of hydrogen-bond donors (Lipinski definition) is 0. The Kier molecular flexibility index (Phi) is 4.20. The van der Waals surface area contributed by atoms with Crippen LogP contribution in [-0.2, 0) is 0 Å². The Labute approximate surface area is 80.3 Å². The van der Waals surface area contributed by atoms with Gasteiger partial charge < -0.3 is 4.23 Å². The molecular formula is C9H25NSi2. The Balaban J connectivity index is 4.34. The van der Waals surface area contributed by atoms with Gasteiger partial charge >= 0.3 is 0 Å². The van der Waals surface area contributed by atoms with Crippen LogP contribution in [0.25, 0.3) is 0 Å². The van der Waals surface area contributed by atoms with E-state index in [1.165, 1.54) is 12.5 Å². The molecule has 0 N–H and O–H groups in total. The molecule has 0 fully saturated rings. The molecule has 1 nitrogen and oxygen atoms in total. The summed E-state index contributed by atoms with van der Waals surface area (Å²) >= 11 is 0. The summed E-state index contributed by atoms with van der Waals surface area (Å²) in [5, 5.41) is 0. The first-order valence-electron chi connectivity index (χ1n) is 4.96. The normalized spacial score (nSPS) is 14.0. The molecule has 0 aromatic rings. The van der Waals surface area contributed by atoms with Gasteiger partial charge in [0.05, 0.1) is 0 Å². The molecule has 0 radical (unpaired) electrons. The predicted octanol–water partition coefficient (Wildman–Crippen LogP) is 3.37. The van der Waals surface area contributed by atoms with Crippen LogP contribution >= 0.6 is 0 Å². The monoisotopic (exact) mass is 203 g/mol. The van der Waals surface area contributed by atoms with Gasteiger partial charge in [0.15, 0.2) is 0 Å². The molecule has 0 saturated heterocycles. The summed E-state index contributed by atoms with van der Waals surface area (Å²) in [4.78, 5) is 0. The molecule has 0 amide bonds. The maximum absolute atomic E-state index is 2.74. The molecule has 74 valence electrons. The fourth-order valence-corrected chi connectivity index (χ4v) is 10.8. The smallest absolute Gasteiger partial charge is 0.115 e. The van der Waals surface area contributed by atoms with Gasteiger partial charge in [-0.05, 0) is 13.1 Å². The minimum absolute atomic E-state index is 1.04. The molecule has 0 aliphatic heterocycles. The van der Waals surface area contributed by atoms with Crippen molar-refractivity contribution in [3.8, 4) is 0 Å². The summed E-state index contributed by atoms with van der Waals surface area (Å²) in [6.07, 6.45) is 1.34. The van der Waals surface area contributed by atoms with Crippen LogP contribution in [0.4, 0.5) is 0 Å². The van der Waals surface area contributed by atoms with Crippen molar-refractivity contribution in [2.24, 2.45) is 0 Å². The summed E-state index contributed by atoms with van der Waals surface area (Å²) in [6.45, 7) is 14.6. The van der Waals surface area contributed by atoms with E-state index in [9.17, 15) is 0 Å². The van der Waals surface area contributed by atoms with Gasteiger partial charge in [0.2, 0.25) is 0 Å². The molecule has 3 heteroatoms. The molecule has 0 atom stereocenters. The summed E-state index contributed by atoms with van der Waals surface area (Å²) in [5.74, 6) is 0. The molecule has 0 spiro atoms. The third-order valence-corrected chi connectivity index (χ3v) is 12.2.